The third-order valence-corrected chi connectivity index (χ3v) is 6.72. The van der Waals surface area contributed by atoms with Crippen LogP contribution in [0.15, 0.2) is 42.5 Å². The molecule has 2 aromatic rings. The molecule has 2 saturated heterocycles. The number of halogens is 2. The molecule has 0 aliphatic carbocycles. The SMILES string of the molecule is O=C(Nc1ccc(N2CCCC2)cc1)C1CCN(Cc2c(Cl)cccc2Cl)CC1. The van der Waals surface area contributed by atoms with Crippen LogP contribution < -0.4 is 10.2 Å². The third kappa shape index (κ3) is 5.06. The molecule has 29 heavy (non-hydrogen) atoms. The number of hydrogen-bond acceptors (Lipinski definition) is 3. The van der Waals surface area contributed by atoms with Crippen LogP contribution in [0.2, 0.25) is 10.0 Å². The number of carbonyl (C=O) groups is 1. The Labute approximate surface area is 182 Å². The van der Waals surface area contributed by atoms with E-state index in [9.17, 15) is 4.79 Å². The first-order valence-corrected chi connectivity index (χ1v) is 11.2. The van der Waals surface area contributed by atoms with E-state index in [0.717, 1.165) is 56.8 Å². The van der Waals surface area contributed by atoms with E-state index in [-0.39, 0.29) is 11.8 Å². The van der Waals surface area contributed by atoms with Gasteiger partial charge in [-0.2, -0.15) is 0 Å². The summed E-state index contributed by atoms with van der Waals surface area (Å²) in [6.45, 7) is 4.72. The molecule has 1 amide bonds. The molecule has 0 saturated carbocycles. The largest absolute Gasteiger partial charge is 0.372 e. The Morgan fingerprint density at radius 1 is 0.931 bits per heavy atom. The number of nitrogens with zero attached hydrogens (tertiary/aromatic N) is 2. The molecule has 2 aliphatic rings. The molecular weight excluding hydrogens is 405 g/mol. The molecular formula is C23H27Cl2N3O. The molecule has 6 heteroatoms. The van der Waals surface area contributed by atoms with Gasteiger partial charge in [-0.1, -0.05) is 29.3 Å². The standard InChI is InChI=1S/C23H27Cl2N3O/c24-21-4-3-5-22(25)20(21)16-27-14-10-17(11-15-27)23(29)26-18-6-8-19(9-7-18)28-12-1-2-13-28/h3-9,17H,1-2,10-16H2,(H,26,29). The fourth-order valence-corrected chi connectivity index (χ4v) is 4.75. The van der Waals surface area contributed by atoms with Crippen LogP contribution in [-0.4, -0.2) is 37.0 Å². The van der Waals surface area contributed by atoms with Crippen molar-refractivity contribution in [3.8, 4) is 0 Å². The van der Waals surface area contributed by atoms with Gasteiger partial charge >= 0.3 is 0 Å². The third-order valence-electron chi connectivity index (χ3n) is 6.01. The monoisotopic (exact) mass is 431 g/mol. The predicted molar refractivity (Wildman–Crippen MR) is 121 cm³/mol. The molecule has 0 atom stereocenters. The zero-order valence-electron chi connectivity index (χ0n) is 16.5. The van der Waals surface area contributed by atoms with Gasteiger partial charge in [0.15, 0.2) is 0 Å². The number of amides is 1. The van der Waals surface area contributed by atoms with Gasteiger partial charge < -0.3 is 10.2 Å². The predicted octanol–water partition coefficient (Wildman–Crippen LogP) is 5.44. The highest BCUT2D eigenvalue weighted by atomic mass is 35.5. The number of carbonyl (C=O) groups excluding carboxylic acids is 1. The van der Waals surface area contributed by atoms with Gasteiger partial charge in [-0.3, -0.25) is 9.69 Å². The average molecular weight is 432 g/mol. The van der Waals surface area contributed by atoms with Crippen molar-refractivity contribution in [2.45, 2.75) is 32.2 Å². The van der Waals surface area contributed by atoms with Crippen LogP contribution >= 0.6 is 23.2 Å². The smallest absolute Gasteiger partial charge is 0.227 e. The normalized spacial score (nSPS) is 18.2. The van der Waals surface area contributed by atoms with Crippen LogP contribution in [0.25, 0.3) is 0 Å². The van der Waals surface area contributed by atoms with Crippen molar-refractivity contribution < 1.29 is 4.79 Å². The summed E-state index contributed by atoms with van der Waals surface area (Å²) in [6, 6.07) is 13.9. The van der Waals surface area contributed by atoms with Crippen LogP contribution in [-0.2, 0) is 11.3 Å². The summed E-state index contributed by atoms with van der Waals surface area (Å²) < 4.78 is 0. The molecule has 2 fully saturated rings. The highest BCUT2D eigenvalue weighted by Gasteiger charge is 2.26. The van der Waals surface area contributed by atoms with Crippen molar-refractivity contribution in [2.24, 2.45) is 5.92 Å². The van der Waals surface area contributed by atoms with Crippen molar-refractivity contribution in [2.75, 3.05) is 36.4 Å². The molecule has 0 unspecified atom stereocenters. The summed E-state index contributed by atoms with van der Waals surface area (Å²) in [6.07, 6.45) is 4.22. The van der Waals surface area contributed by atoms with Crippen molar-refractivity contribution >= 4 is 40.5 Å². The zero-order valence-corrected chi connectivity index (χ0v) is 18.1. The number of anilines is 2. The van der Waals surface area contributed by atoms with E-state index in [1.165, 1.54) is 18.5 Å². The van der Waals surface area contributed by atoms with Crippen LogP contribution in [0.3, 0.4) is 0 Å². The second-order valence-electron chi connectivity index (χ2n) is 7.98. The Morgan fingerprint density at radius 3 is 2.17 bits per heavy atom. The molecule has 4 rings (SSSR count). The lowest BCUT2D eigenvalue weighted by Gasteiger charge is -2.31. The van der Waals surface area contributed by atoms with Gasteiger partial charge in [0.1, 0.15) is 0 Å². The Kier molecular flexibility index (Phi) is 6.63. The number of rotatable bonds is 5. The summed E-state index contributed by atoms with van der Waals surface area (Å²) in [4.78, 5) is 17.4. The first kappa shape index (κ1) is 20.5. The second-order valence-corrected chi connectivity index (χ2v) is 8.80. The molecule has 1 N–H and O–H groups in total. The van der Waals surface area contributed by atoms with Crippen LogP contribution in [0.1, 0.15) is 31.2 Å². The van der Waals surface area contributed by atoms with Crippen LogP contribution in [0, 0.1) is 5.92 Å². The average Bonchev–Trinajstić information content (AvgIpc) is 3.27. The maximum atomic E-state index is 12.7. The lowest BCUT2D eigenvalue weighted by molar-refractivity contribution is -0.121. The first-order chi connectivity index (χ1) is 14.1. The topological polar surface area (TPSA) is 35.6 Å². The Bertz CT molecular complexity index is 821. The van der Waals surface area contributed by atoms with E-state index in [2.05, 4.69) is 27.2 Å². The molecule has 4 nitrogen and oxygen atoms in total. The Morgan fingerprint density at radius 2 is 1.55 bits per heavy atom. The minimum absolute atomic E-state index is 0.0474. The van der Waals surface area contributed by atoms with E-state index >= 15 is 0 Å². The van der Waals surface area contributed by atoms with Crippen molar-refractivity contribution in [3.05, 3.63) is 58.1 Å². The van der Waals surface area contributed by atoms with Gasteiger partial charge in [-0.15, -0.1) is 0 Å². The maximum Gasteiger partial charge on any atom is 0.227 e. The first-order valence-electron chi connectivity index (χ1n) is 10.4. The lowest BCUT2D eigenvalue weighted by Crippen LogP contribution is -2.37. The van der Waals surface area contributed by atoms with Crippen LogP contribution in [0.5, 0.6) is 0 Å². The van der Waals surface area contributed by atoms with Crippen molar-refractivity contribution in [3.63, 3.8) is 0 Å². The van der Waals surface area contributed by atoms with Gasteiger partial charge in [0.2, 0.25) is 5.91 Å². The fourth-order valence-electron chi connectivity index (χ4n) is 4.24. The molecule has 0 radical (unpaired) electrons. The minimum Gasteiger partial charge on any atom is -0.372 e. The lowest BCUT2D eigenvalue weighted by atomic mass is 9.95. The second kappa shape index (κ2) is 9.38. The summed E-state index contributed by atoms with van der Waals surface area (Å²) >= 11 is 12.6. The number of nitrogens with one attached hydrogen (secondary N) is 1. The Balaban J connectivity index is 1.28. The minimum atomic E-state index is 0.0474. The van der Waals surface area contributed by atoms with Gasteiger partial charge in [0.25, 0.3) is 0 Å². The molecule has 0 aromatic heterocycles. The van der Waals surface area contributed by atoms with E-state index in [0.29, 0.717) is 10.0 Å². The molecule has 0 bridgehead atoms. The summed E-state index contributed by atoms with van der Waals surface area (Å²) in [5.74, 6) is 0.167. The number of hydrogen-bond donors (Lipinski definition) is 1. The van der Waals surface area contributed by atoms with Crippen LogP contribution in [0.4, 0.5) is 11.4 Å². The molecule has 0 spiro atoms. The summed E-state index contributed by atoms with van der Waals surface area (Å²) in [5, 5.41) is 4.50. The molecule has 2 aromatic carbocycles. The summed E-state index contributed by atoms with van der Waals surface area (Å²) in [7, 11) is 0. The number of piperidine rings is 1. The highest BCUT2D eigenvalue weighted by molar-refractivity contribution is 6.35. The highest BCUT2D eigenvalue weighted by Crippen LogP contribution is 2.28. The quantitative estimate of drug-likeness (QED) is 0.683. The van der Waals surface area contributed by atoms with E-state index in [1.807, 2.05) is 30.3 Å². The van der Waals surface area contributed by atoms with Crippen molar-refractivity contribution in [1.82, 2.24) is 4.90 Å². The zero-order chi connectivity index (χ0) is 20.2. The van der Waals surface area contributed by atoms with Gasteiger partial charge in [-0.05, 0) is 75.2 Å². The molecule has 2 aliphatic heterocycles. The Hall–Kier alpha value is -1.75. The molecule has 154 valence electrons. The van der Waals surface area contributed by atoms with E-state index < -0.39 is 0 Å². The van der Waals surface area contributed by atoms with E-state index in [1.54, 1.807) is 0 Å². The summed E-state index contributed by atoms with van der Waals surface area (Å²) in [5.41, 5.74) is 3.09. The molecule has 2 heterocycles. The number of likely N-dealkylation sites (tertiary alicyclic amines) is 1. The van der Waals surface area contributed by atoms with E-state index in [4.69, 9.17) is 23.2 Å². The maximum absolute atomic E-state index is 12.7. The van der Waals surface area contributed by atoms with Gasteiger partial charge in [0.05, 0.1) is 0 Å². The fraction of sp³-hybridized carbons (Fsp3) is 0.435. The van der Waals surface area contributed by atoms with Crippen molar-refractivity contribution in [1.29, 1.82) is 0 Å². The van der Waals surface area contributed by atoms with Gasteiger partial charge in [-0.25, -0.2) is 0 Å². The number of benzene rings is 2. The van der Waals surface area contributed by atoms with Gasteiger partial charge in [0, 0.05) is 52.5 Å².